The van der Waals surface area contributed by atoms with E-state index in [1.54, 1.807) is 0 Å². The molecule has 1 heteroatoms. The van der Waals surface area contributed by atoms with Crippen molar-refractivity contribution in [2.45, 2.75) is 44.9 Å². The van der Waals surface area contributed by atoms with E-state index in [1.165, 1.54) is 59.9 Å². The highest BCUT2D eigenvalue weighted by atomic mass is 14.7. The van der Waals surface area contributed by atoms with Crippen molar-refractivity contribution in [1.29, 1.82) is 0 Å². The molecule has 1 aromatic heterocycles. The standard InChI is InChI=1S/C24H25N/c1-18-8-5-6-13-23(18)24-17-22(14-15-25-24)21-12-7-11-20(16-21)19-9-3-2-4-10-19/h5-8,11-17,19H,2-4,9-10H2,1H3. The summed E-state index contributed by atoms with van der Waals surface area (Å²) in [5.74, 6) is 0.742. The summed E-state index contributed by atoms with van der Waals surface area (Å²) in [6.07, 6.45) is 8.77. The fourth-order valence-corrected chi connectivity index (χ4v) is 4.03. The van der Waals surface area contributed by atoms with E-state index in [2.05, 4.69) is 72.6 Å². The second kappa shape index (κ2) is 7.23. The van der Waals surface area contributed by atoms with Crippen molar-refractivity contribution in [3.63, 3.8) is 0 Å². The molecule has 1 heterocycles. The Morgan fingerprint density at radius 3 is 2.44 bits per heavy atom. The van der Waals surface area contributed by atoms with Crippen LogP contribution in [0.15, 0.2) is 66.9 Å². The van der Waals surface area contributed by atoms with Crippen LogP contribution in [0.1, 0.15) is 49.1 Å². The molecule has 0 aliphatic heterocycles. The van der Waals surface area contributed by atoms with Crippen LogP contribution >= 0.6 is 0 Å². The van der Waals surface area contributed by atoms with Gasteiger partial charge in [0.2, 0.25) is 0 Å². The third-order valence-corrected chi connectivity index (χ3v) is 5.48. The fraction of sp³-hybridized carbons (Fsp3) is 0.292. The smallest absolute Gasteiger partial charge is 0.0710 e. The number of aryl methyl sites for hydroxylation is 1. The molecule has 25 heavy (non-hydrogen) atoms. The lowest BCUT2D eigenvalue weighted by Crippen LogP contribution is -2.04. The topological polar surface area (TPSA) is 12.9 Å². The van der Waals surface area contributed by atoms with Gasteiger partial charge in [0, 0.05) is 11.8 Å². The minimum atomic E-state index is 0.742. The highest BCUT2D eigenvalue weighted by molar-refractivity contribution is 5.72. The van der Waals surface area contributed by atoms with E-state index in [4.69, 9.17) is 0 Å². The molecule has 0 spiro atoms. The van der Waals surface area contributed by atoms with E-state index < -0.39 is 0 Å². The number of hydrogen-bond acceptors (Lipinski definition) is 1. The third-order valence-electron chi connectivity index (χ3n) is 5.48. The van der Waals surface area contributed by atoms with Crippen LogP contribution in [0.5, 0.6) is 0 Å². The predicted molar refractivity (Wildman–Crippen MR) is 106 cm³/mol. The number of hydrogen-bond donors (Lipinski definition) is 0. The van der Waals surface area contributed by atoms with Crippen molar-refractivity contribution in [3.05, 3.63) is 78.0 Å². The van der Waals surface area contributed by atoms with Gasteiger partial charge in [-0.2, -0.15) is 0 Å². The largest absolute Gasteiger partial charge is 0.256 e. The lowest BCUT2D eigenvalue weighted by Gasteiger charge is -2.22. The van der Waals surface area contributed by atoms with Gasteiger partial charge < -0.3 is 0 Å². The molecule has 126 valence electrons. The monoisotopic (exact) mass is 327 g/mol. The Labute approximate surface area is 150 Å². The molecule has 1 fully saturated rings. The maximum Gasteiger partial charge on any atom is 0.0710 e. The average Bonchev–Trinajstić information content (AvgIpc) is 2.69. The molecular weight excluding hydrogens is 302 g/mol. The van der Waals surface area contributed by atoms with Gasteiger partial charge in [-0.1, -0.05) is 67.8 Å². The number of rotatable bonds is 3. The quantitative estimate of drug-likeness (QED) is 0.517. The second-order valence-electron chi connectivity index (χ2n) is 7.21. The van der Waals surface area contributed by atoms with E-state index in [1.807, 2.05) is 6.20 Å². The van der Waals surface area contributed by atoms with Gasteiger partial charge in [-0.25, -0.2) is 0 Å². The van der Waals surface area contributed by atoms with Gasteiger partial charge in [-0.05, 0) is 60.1 Å². The lowest BCUT2D eigenvalue weighted by molar-refractivity contribution is 0.444. The van der Waals surface area contributed by atoms with Gasteiger partial charge in [0.1, 0.15) is 0 Å². The number of aromatic nitrogens is 1. The van der Waals surface area contributed by atoms with Gasteiger partial charge in [0.25, 0.3) is 0 Å². The first-order chi connectivity index (χ1) is 12.3. The number of pyridine rings is 1. The van der Waals surface area contributed by atoms with Gasteiger partial charge >= 0.3 is 0 Å². The molecular formula is C24H25N. The summed E-state index contributed by atoms with van der Waals surface area (Å²) in [4.78, 5) is 4.61. The SMILES string of the molecule is Cc1ccccc1-c1cc(-c2cccc(C3CCCCC3)c2)ccn1. The summed E-state index contributed by atoms with van der Waals surface area (Å²) in [6, 6.07) is 22.0. The first kappa shape index (κ1) is 16.1. The number of nitrogens with zero attached hydrogens (tertiary/aromatic N) is 1. The molecule has 3 aromatic rings. The Morgan fingerprint density at radius 2 is 1.60 bits per heavy atom. The first-order valence-electron chi connectivity index (χ1n) is 9.44. The fourth-order valence-electron chi connectivity index (χ4n) is 4.03. The van der Waals surface area contributed by atoms with E-state index in [0.717, 1.165) is 11.6 Å². The summed E-state index contributed by atoms with van der Waals surface area (Å²) >= 11 is 0. The van der Waals surface area contributed by atoms with Crippen LogP contribution in [0.25, 0.3) is 22.4 Å². The first-order valence-corrected chi connectivity index (χ1v) is 9.44. The van der Waals surface area contributed by atoms with Gasteiger partial charge in [0.15, 0.2) is 0 Å². The molecule has 0 unspecified atom stereocenters. The predicted octanol–water partition coefficient (Wildman–Crippen LogP) is 6.77. The molecule has 0 bridgehead atoms. The van der Waals surface area contributed by atoms with E-state index in [-0.39, 0.29) is 0 Å². The Kier molecular flexibility index (Phi) is 4.65. The maximum atomic E-state index is 4.61. The Bertz CT molecular complexity index is 859. The minimum Gasteiger partial charge on any atom is -0.256 e. The average molecular weight is 327 g/mol. The molecule has 0 radical (unpaired) electrons. The summed E-state index contributed by atoms with van der Waals surface area (Å²) in [6.45, 7) is 2.15. The molecule has 0 atom stereocenters. The molecule has 2 aromatic carbocycles. The molecule has 1 aliphatic rings. The second-order valence-corrected chi connectivity index (χ2v) is 7.21. The summed E-state index contributed by atoms with van der Waals surface area (Å²) in [7, 11) is 0. The summed E-state index contributed by atoms with van der Waals surface area (Å²) < 4.78 is 0. The molecule has 0 N–H and O–H groups in total. The van der Waals surface area contributed by atoms with Gasteiger partial charge in [-0.15, -0.1) is 0 Å². The van der Waals surface area contributed by atoms with Crippen molar-refractivity contribution in [1.82, 2.24) is 4.98 Å². The van der Waals surface area contributed by atoms with Gasteiger partial charge in [-0.3, -0.25) is 4.98 Å². The molecule has 0 saturated heterocycles. The molecule has 4 rings (SSSR count). The molecule has 1 aliphatic carbocycles. The Morgan fingerprint density at radius 1 is 0.800 bits per heavy atom. The van der Waals surface area contributed by atoms with E-state index in [0.29, 0.717) is 0 Å². The van der Waals surface area contributed by atoms with Crippen LogP contribution < -0.4 is 0 Å². The zero-order valence-corrected chi connectivity index (χ0v) is 14.9. The van der Waals surface area contributed by atoms with Crippen LogP contribution in [0, 0.1) is 6.92 Å². The van der Waals surface area contributed by atoms with Gasteiger partial charge in [0.05, 0.1) is 5.69 Å². The lowest BCUT2D eigenvalue weighted by atomic mass is 9.83. The third kappa shape index (κ3) is 3.51. The van der Waals surface area contributed by atoms with E-state index >= 15 is 0 Å². The zero-order chi connectivity index (χ0) is 17.1. The van der Waals surface area contributed by atoms with Crippen molar-refractivity contribution in [3.8, 4) is 22.4 Å². The molecule has 0 amide bonds. The molecule has 1 nitrogen and oxygen atoms in total. The summed E-state index contributed by atoms with van der Waals surface area (Å²) in [5.41, 5.74) is 7.60. The molecule has 1 saturated carbocycles. The van der Waals surface area contributed by atoms with Crippen LogP contribution in [-0.2, 0) is 0 Å². The van der Waals surface area contributed by atoms with Crippen LogP contribution in [-0.4, -0.2) is 4.98 Å². The van der Waals surface area contributed by atoms with Crippen LogP contribution in [0.3, 0.4) is 0 Å². The minimum absolute atomic E-state index is 0.742. The van der Waals surface area contributed by atoms with E-state index in [9.17, 15) is 0 Å². The van der Waals surface area contributed by atoms with Crippen molar-refractivity contribution in [2.24, 2.45) is 0 Å². The Hall–Kier alpha value is -2.41. The summed E-state index contributed by atoms with van der Waals surface area (Å²) in [5, 5.41) is 0. The van der Waals surface area contributed by atoms with Crippen LogP contribution in [0.2, 0.25) is 0 Å². The highest BCUT2D eigenvalue weighted by Crippen LogP contribution is 2.35. The normalized spacial score (nSPS) is 15.2. The van der Waals surface area contributed by atoms with Crippen molar-refractivity contribution >= 4 is 0 Å². The Balaban J connectivity index is 1.68. The zero-order valence-electron chi connectivity index (χ0n) is 14.9. The van der Waals surface area contributed by atoms with Crippen LogP contribution in [0.4, 0.5) is 0 Å². The maximum absolute atomic E-state index is 4.61. The van der Waals surface area contributed by atoms with Crippen molar-refractivity contribution < 1.29 is 0 Å². The highest BCUT2D eigenvalue weighted by Gasteiger charge is 2.16. The van der Waals surface area contributed by atoms with Crippen molar-refractivity contribution in [2.75, 3.05) is 0 Å². The number of benzene rings is 2.